The maximum atomic E-state index is 11.6. The number of carbonyl (C=O) groups excluding carboxylic acids is 1. The lowest BCUT2D eigenvalue weighted by Crippen LogP contribution is -3.15. The summed E-state index contributed by atoms with van der Waals surface area (Å²) in [4.78, 5) is 13.2. The van der Waals surface area contributed by atoms with Crippen molar-refractivity contribution in [1.82, 2.24) is 0 Å². The largest absolute Gasteiger partial charge is 0.494 e. The van der Waals surface area contributed by atoms with Gasteiger partial charge in [0.15, 0.2) is 5.78 Å². The fraction of sp³-hybridized carbons (Fsp3) is 0.632. The molecular weight excluding hydrogens is 290 g/mol. The Balaban J connectivity index is 1.63. The van der Waals surface area contributed by atoms with Crippen molar-refractivity contribution in [3.63, 3.8) is 0 Å². The number of ketones is 1. The molecule has 3 atom stereocenters. The van der Waals surface area contributed by atoms with E-state index in [1.165, 1.54) is 13.0 Å². The van der Waals surface area contributed by atoms with Gasteiger partial charge in [-0.2, -0.15) is 0 Å². The number of benzene rings is 1. The number of rotatable bonds is 8. The summed E-state index contributed by atoms with van der Waals surface area (Å²) < 4.78 is 11.5. The van der Waals surface area contributed by atoms with Gasteiger partial charge in [-0.1, -0.05) is 6.92 Å². The number of Topliss-reactive ketones (excluding diaryl/α,β-unsaturated/α-hetero) is 1. The van der Waals surface area contributed by atoms with Crippen LogP contribution < -0.4 is 9.64 Å². The molecule has 1 aromatic carbocycles. The minimum absolute atomic E-state index is 0.175. The first-order chi connectivity index (χ1) is 11.1. The first kappa shape index (κ1) is 18.0. The molecule has 1 heterocycles. The minimum atomic E-state index is 0.175. The molecule has 4 heteroatoms. The summed E-state index contributed by atoms with van der Waals surface area (Å²) in [6.45, 7) is 10.3. The molecule has 0 bridgehead atoms. The lowest BCUT2D eigenvalue weighted by molar-refractivity contribution is -0.915. The van der Waals surface area contributed by atoms with Gasteiger partial charge in [0.1, 0.15) is 31.0 Å². The number of unbranched alkanes of at least 4 members (excludes halogenated alkanes) is 1. The lowest BCUT2D eigenvalue weighted by atomic mass is 10.1. The van der Waals surface area contributed by atoms with E-state index in [0.717, 1.165) is 37.4 Å². The summed E-state index contributed by atoms with van der Waals surface area (Å²) in [7, 11) is 0. The van der Waals surface area contributed by atoms with E-state index >= 15 is 0 Å². The van der Waals surface area contributed by atoms with Gasteiger partial charge in [0, 0.05) is 12.0 Å². The Bertz CT molecular complexity index is 476. The SMILES string of the molecule is CCC(=O)c1ccc(OCCCC[NH+]2C[C@@H](C)O[C@@H](C)C2)cc1. The van der Waals surface area contributed by atoms with Gasteiger partial charge in [-0.3, -0.25) is 4.79 Å². The van der Waals surface area contributed by atoms with E-state index in [4.69, 9.17) is 9.47 Å². The third kappa shape index (κ3) is 5.96. The number of nitrogens with one attached hydrogen (secondary N) is 1. The molecule has 0 aromatic heterocycles. The number of hydrogen-bond acceptors (Lipinski definition) is 3. The molecule has 1 aliphatic heterocycles. The Hall–Kier alpha value is -1.39. The van der Waals surface area contributed by atoms with Crippen molar-refractivity contribution in [2.75, 3.05) is 26.2 Å². The molecule has 1 N–H and O–H groups in total. The zero-order valence-corrected chi connectivity index (χ0v) is 14.6. The van der Waals surface area contributed by atoms with E-state index in [1.54, 1.807) is 4.90 Å². The van der Waals surface area contributed by atoms with Crippen LogP contribution in [-0.4, -0.2) is 44.2 Å². The van der Waals surface area contributed by atoms with Crippen molar-refractivity contribution in [2.24, 2.45) is 0 Å². The number of ether oxygens (including phenoxy) is 2. The van der Waals surface area contributed by atoms with E-state index in [2.05, 4.69) is 13.8 Å². The normalized spacial score (nSPS) is 24.4. The Morgan fingerprint density at radius 3 is 2.43 bits per heavy atom. The third-order valence-electron chi connectivity index (χ3n) is 4.31. The summed E-state index contributed by atoms with van der Waals surface area (Å²) in [5, 5.41) is 0. The molecule has 1 unspecified atom stereocenters. The zero-order valence-electron chi connectivity index (χ0n) is 14.6. The molecule has 0 spiro atoms. The Labute approximate surface area is 139 Å². The van der Waals surface area contributed by atoms with Gasteiger partial charge < -0.3 is 14.4 Å². The highest BCUT2D eigenvalue weighted by Crippen LogP contribution is 2.13. The quantitative estimate of drug-likeness (QED) is 0.589. The molecule has 128 valence electrons. The van der Waals surface area contributed by atoms with E-state index in [0.29, 0.717) is 18.6 Å². The monoisotopic (exact) mass is 320 g/mol. The third-order valence-corrected chi connectivity index (χ3v) is 4.31. The van der Waals surface area contributed by atoms with Crippen LogP contribution in [0.4, 0.5) is 0 Å². The molecule has 1 saturated heterocycles. The lowest BCUT2D eigenvalue weighted by Gasteiger charge is -2.32. The maximum Gasteiger partial charge on any atom is 0.162 e. The van der Waals surface area contributed by atoms with E-state index in [9.17, 15) is 4.79 Å². The topological polar surface area (TPSA) is 40.0 Å². The molecule has 23 heavy (non-hydrogen) atoms. The van der Waals surface area contributed by atoms with Crippen LogP contribution in [0.25, 0.3) is 0 Å². The van der Waals surface area contributed by atoms with Gasteiger partial charge in [-0.25, -0.2) is 0 Å². The summed E-state index contributed by atoms with van der Waals surface area (Å²) in [5.41, 5.74) is 0.763. The second kappa shape index (κ2) is 9.04. The van der Waals surface area contributed by atoms with Crippen LogP contribution in [0.1, 0.15) is 50.4 Å². The molecule has 1 aromatic rings. The zero-order chi connectivity index (χ0) is 16.7. The van der Waals surface area contributed by atoms with Crippen molar-refractivity contribution >= 4 is 5.78 Å². The average Bonchev–Trinajstić information content (AvgIpc) is 2.53. The van der Waals surface area contributed by atoms with Crippen LogP contribution in [-0.2, 0) is 4.74 Å². The predicted molar refractivity (Wildman–Crippen MR) is 91.4 cm³/mol. The van der Waals surface area contributed by atoms with Crippen LogP contribution in [0.2, 0.25) is 0 Å². The first-order valence-electron chi connectivity index (χ1n) is 8.83. The average molecular weight is 320 g/mol. The van der Waals surface area contributed by atoms with Crippen LogP contribution in [0.3, 0.4) is 0 Å². The summed E-state index contributed by atoms with van der Waals surface area (Å²) in [6, 6.07) is 7.47. The Kier molecular flexibility index (Phi) is 7.06. The van der Waals surface area contributed by atoms with Crippen LogP contribution in [0.15, 0.2) is 24.3 Å². The fourth-order valence-corrected chi connectivity index (χ4v) is 3.20. The predicted octanol–water partition coefficient (Wildman–Crippen LogP) is 2.13. The second-order valence-corrected chi connectivity index (χ2v) is 6.52. The molecule has 2 rings (SSSR count). The molecular formula is C19H30NO3+. The molecule has 4 nitrogen and oxygen atoms in total. The van der Waals surface area contributed by atoms with Crippen LogP contribution in [0.5, 0.6) is 5.75 Å². The van der Waals surface area contributed by atoms with Gasteiger partial charge in [-0.15, -0.1) is 0 Å². The van der Waals surface area contributed by atoms with Crippen molar-refractivity contribution in [3.05, 3.63) is 29.8 Å². The molecule has 0 amide bonds. The second-order valence-electron chi connectivity index (χ2n) is 6.52. The van der Waals surface area contributed by atoms with E-state index in [-0.39, 0.29) is 5.78 Å². The molecule has 1 fully saturated rings. The smallest absolute Gasteiger partial charge is 0.162 e. The number of hydrogen-bond donors (Lipinski definition) is 1. The number of quaternary nitrogens is 1. The van der Waals surface area contributed by atoms with E-state index < -0.39 is 0 Å². The Morgan fingerprint density at radius 1 is 1.17 bits per heavy atom. The van der Waals surface area contributed by atoms with Gasteiger partial charge in [-0.05, 0) is 51.0 Å². The maximum absolute atomic E-state index is 11.6. The van der Waals surface area contributed by atoms with Gasteiger partial charge >= 0.3 is 0 Å². The first-order valence-corrected chi connectivity index (χ1v) is 8.83. The molecule has 1 aliphatic rings. The standard InChI is InChI=1S/C19H29NO3/c1-4-19(21)17-7-9-18(10-8-17)22-12-6-5-11-20-13-15(2)23-16(3)14-20/h7-10,15-16H,4-6,11-14H2,1-3H3/p+1/t15-,16+. The number of morpholine rings is 1. The van der Waals surface area contributed by atoms with Crippen molar-refractivity contribution in [3.8, 4) is 5.75 Å². The van der Waals surface area contributed by atoms with E-state index in [1.807, 2.05) is 31.2 Å². The van der Waals surface area contributed by atoms with Crippen molar-refractivity contribution < 1.29 is 19.2 Å². The van der Waals surface area contributed by atoms with Crippen LogP contribution in [0, 0.1) is 0 Å². The highest BCUT2D eigenvalue weighted by Gasteiger charge is 2.24. The van der Waals surface area contributed by atoms with Crippen molar-refractivity contribution in [1.29, 1.82) is 0 Å². The summed E-state index contributed by atoms with van der Waals surface area (Å²) in [6.07, 6.45) is 3.51. The van der Waals surface area contributed by atoms with Crippen molar-refractivity contribution in [2.45, 2.75) is 52.2 Å². The van der Waals surface area contributed by atoms with Crippen LogP contribution >= 0.6 is 0 Å². The highest BCUT2D eigenvalue weighted by molar-refractivity contribution is 5.95. The molecule has 0 saturated carbocycles. The number of carbonyl (C=O) groups is 1. The fourth-order valence-electron chi connectivity index (χ4n) is 3.20. The summed E-state index contributed by atoms with van der Waals surface area (Å²) in [5.74, 6) is 1.02. The molecule has 0 aliphatic carbocycles. The van der Waals surface area contributed by atoms with Gasteiger partial charge in [0.2, 0.25) is 0 Å². The molecule has 0 radical (unpaired) electrons. The van der Waals surface area contributed by atoms with Gasteiger partial charge in [0.25, 0.3) is 0 Å². The highest BCUT2D eigenvalue weighted by atomic mass is 16.5. The minimum Gasteiger partial charge on any atom is -0.494 e. The summed E-state index contributed by atoms with van der Waals surface area (Å²) >= 11 is 0. The van der Waals surface area contributed by atoms with Gasteiger partial charge in [0.05, 0.1) is 13.2 Å². The Morgan fingerprint density at radius 2 is 1.83 bits per heavy atom.